The van der Waals surface area contributed by atoms with Crippen LogP contribution >= 0.6 is 0 Å². The lowest BCUT2D eigenvalue weighted by atomic mass is 9.88. The summed E-state index contributed by atoms with van der Waals surface area (Å²) in [5.74, 6) is -1.36. The molecule has 1 saturated heterocycles. The number of rotatable bonds is 8. The van der Waals surface area contributed by atoms with Gasteiger partial charge in [0.15, 0.2) is 0 Å². The second-order valence-corrected chi connectivity index (χ2v) is 7.28. The molecule has 148 valence electrons. The van der Waals surface area contributed by atoms with Crippen molar-refractivity contribution in [2.75, 3.05) is 4.90 Å². The van der Waals surface area contributed by atoms with Crippen LogP contribution in [0.1, 0.15) is 33.1 Å². The maximum absolute atomic E-state index is 13.2. The number of carbonyl (C=O) groups is 2. The third-order valence-corrected chi connectivity index (χ3v) is 4.83. The number of carboxylic acids is 1. The SMILES string of the molecule is CC(C)C1CC(=O)N(c2ccc(F)cc2)C1/C=C/C(O)CC(O)CC(=O)O. The van der Waals surface area contributed by atoms with Gasteiger partial charge >= 0.3 is 5.97 Å². The summed E-state index contributed by atoms with van der Waals surface area (Å²) < 4.78 is 13.2. The Kier molecular flexibility index (Phi) is 7.10. The molecule has 4 atom stereocenters. The van der Waals surface area contributed by atoms with E-state index in [2.05, 4.69) is 0 Å². The molecule has 0 radical (unpaired) electrons. The minimum absolute atomic E-state index is 0.0231. The number of hydrogen-bond acceptors (Lipinski definition) is 4. The number of nitrogens with zero attached hydrogens (tertiary/aromatic N) is 1. The molecule has 1 heterocycles. The van der Waals surface area contributed by atoms with Crippen LogP contribution in [0.5, 0.6) is 0 Å². The van der Waals surface area contributed by atoms with Gasteiger partial charge in [-0.1, -0.05) is 26.0 Å². The van der Waals surface area contributed by atoms with Crippen molar-refractivity contribution in [3.05, 3.63) is 42.2 Å². The monoisotopic (exact) mass is 379 g/mol. The topological polar surface area (TPSA) is 98.1 Å². The number of aliphatic carboxylic acids is 1. The molecular weight excluding hydrogens is 353 g/mol. The van der Waals surface area contributed by atoms with Gasteiger partial charge in [-0.05, 0) is 36.1 Å². The van der Waals surface area contributed by atoms with Crippen LogP contribution in [0.15, 0.2) is 36.4 Å². The number of halogens is 1. The van der Waals surface area contributed by atoms with Crippen molar-refractivity contribution in [2.24, 2.45) is 11.8 Å². The number of carbonyl (C=O) groups excluding carboxylic acids is 1. The molecule has 0 bridgehead atoms. The van der Waals surface area contributed by atoms with Crippen LogP contribution in [0.2, 0.25) is 0 Å². The van der Waals surface area contributed by atoms with E-state index < -0.39 is 24.6 Å². The highest BCUT2D eigenvalue weighted by Crippen LogP contribution is 2.36. The summed E-state index contributed by atoms with van der Waals surface area (Å²) in [5, 5.41) is 28.4. The standard InChI is InChI=1S/C20H26FNO5/c1-12(2)17-11-19(25)22(14-5-3-13(21)4-6-14)18(17)8-7-15(23)9-16(24)10-20(26)27/h3-8,12,15-18,23-24H,9-11H2,1-2H3,(H,26,27)/b8-7+. The highest BCUT2D eigenvalue weighted by Gasteiger charge is 2.40. The summed E-state index contributed by atoms with van der Waals surface area (Å²) >= 11 is 0. The van der Waals surface area contributed by atoms with E-state index in [1.54, 1.807) is 23.1 Å². The molecule has 1 amide bonds. The van der Waals surface area contributed by atoms with Gasteiger partial charge in [0.25, 0.3) is 0 Å². The molecular formula is C20H26FNO5. The third kappa shape index (κ3) is 5.61. The first-order chi connectivity index (χ1) is 12.7. The Balaban J connectivity index is 2.18. The molecule has 6 nitrogen and oxygen atoms in total. The summed E-state index contributed by atoms with van der Waals surface area (Å²) in [6.45, 7) is 4.03. The summed E-state index contributed by atoms with van der Waals surface area (Å²) in [5.41, 5.74) is 0.583. The third-order valence-electron chi connectivity index (χ3n) is 4.83. The van der Waals surface area contributed by atoms with Crippen LogP contribution in [0.4, 0.5) is 10.1 Å². The molecule has 0 aliphatic carbocycles. The first-order valence-corrected chi connectivity index (χ1v) is 9.03. The van der Waals surface area contributed by atoms with E-state index in [1.165, 1.54) is 18.2 Å². The van der Waals surface area contributed by atoms with Gasteiger partial charge in [-0.15, -0.1) is 0 Å². The lowest BCUT2D eigenvalue weighted by molar-refractivity contribution is -0.139. The zero-order chi connectivity index (χ0) is 20.1. The Morgan fingerprint density at radius 1 is 1.30 bits per heavy atom. The highest BCUT2D eigenvalue weighted by molar-refractivity contribution is 5.97. The number of aliphatic hydroxyl groups excluding tert-OH is 2. The molecule has 1 aliphatic heterocycles. The fourth-order valence-corrected chi connectivity index (χ4v) is 3.44. The zero-order valence-electron chi connectivity index (χ0n) is 15.5. The van der Waals surface area contributed by atoms with Gasteiger partial charge in [-0.2, -0.15) is 0 Å². The van der Waals surface area contributed by atoms with E-state index in [-0.39, 0.29) is 36.0 Å². The number of carboxylic acid groups (broad SMARTS) is 1. The molecule has 3 N–H and O–H groups in total. The van der Waals surface area contributed by atoms with Crippen LogP contribution in [0.3, 0.4) is 0 Å². The minimum atomic E-state index is -1.15. The summed E-state index contributed by atoms with van der Waals surface area (Å²) in [6, 6.07) is 5.37. The van der Waals surface area contributed by atoms with Gasteiger partial charge in [0.05, 0.1) is 24.7 Å². The number of aliphatic hydroxyl groups is 2. The molecule has 1 aromatic rings. The van der Waals surface area contributed by atoms with E-state index in [4.69, 9.17) is 5.11 Å². The van der Waals surface area contributed by atoms with E-state index in [0.29, 0.717) is 12.1 Å². The van der Waals surface area contributed by atoms with Crippen molar-refractivity contribution < 1.29 is 29.3 Å². The van der Waals surface area contributed by atoms with Crippen LogP contribution in [0, 0.1) is 17.7 Å². The second kappa shape index (κ2) is 9.10. The van der Waals surface area contributed by atoms with Crippen molar-refractivity contribution in [2.45, 2.75) is 51.4 Å². The predicted molar refractivity (Wildman–Crippen MR) is 98.6 cm³/mol. The second-order valence-electron chi connectivity index (χ2n) is 7.28. The van der Waals surface area contributed by atoms with Crippen LogP contribution in [-0.4, -0.2) is 45.4 Å². The van der Waals surface area contributed by atoms with E-state index in [0.717, 1.165) is 0 Å². The molecule has 0 saturated carbocycles. The molecule has 1 fully saturated rings. The van der Waals surface area contributed by atoms with E-state index >= 15 is 0 Å². The maximum Gasteiger partial charge on any atom is 0.305 e. The Morgan fingerprint density at radius 2 is 1.93 bits per heavy atom. The molecule has 1 aliphatic rings. The average molecular weight is 379 g/mol. The number of amides is 1. The average Bonchev–Trinajstić information content (AvgIpc) is 2.89. The van der Waals surface area contributed by atoms with Crippen LogP contribution in [-0.2, 0) is 9.59 Å². The van der Waals surface area contributed by atoms with Crippen LogP contribution < -0.4 is 4.90 Å². The van der Waals surface area contributed by atoms with Gasteiger partial charge in [0.2, 0.25) is 5.91 Å². The molecule has 2 rings (SSSR count). The van der Waals surface area contributed by atoms with Gasteiger partial charge in [0.1, 0.15) is 5.82 Å². The summed E-state index contributed by atoms with van der Waals surface area (Å²) in [6.07, 6.45) is 0.827. The highest BCUT2D eigenvalue weighted by atomic mass is 19.1. The van der Waals surface area contributed by atoms with Crippen molar-refractivity contribution in [1.82, 2.24) is 0 Å². The lowest BCUT2D eigenvalue weighted by Gasteiger charge is -2.28. The summed E-state index contributed by atoms with van der Waals surface area (Å²) in [7, 11) is 0. The Hall–Kier alpha value is -2.25. The molecule has 1 aromatic carbocycles. The molecule has 4 unspecified atom stereocenters. The number of hydrogen-bond donors (Lipinski definition) is 3. The minimum Gasteiger partial charge on any atom is -0.481 e. The zero-order valence-corrected chi connectivity index (χ0v) is 15.5. The van der Waals surface area contributed by atoms with Gasteiger partial charge in [0, 0.05) is 18.5 Å². The molecule has 27 heavy (non-hydrogen) atoms. The number of benzene rings is 1. The number of anilines is 1. The lowest BCUT2D eigenvalue weighted by Crippen LogP contribution is -2.35. The first-order valence-electron chi connectivity index (χ1n) is 9.03. The summed E-state index contributed by atoms with van der Waals surface area (Å²) in [4.78, 5) is 24.8. The fourth-order valence-electron chi connectivity index (χ4n) is 3.44. The quantitative estimate of drug-likeness (QED) is 0.602. The molecule has 7 heteroatoms. The van der Waals surface area contributed by atoms with Crippen molar-refractivity contribution in [1.29, 1.82) is 0 Å². The molecule has 0 spiro atoms. The predicted octanol–water partition coefficient (Wildman–Crippen LogP) is 2.35. The van der Waals surface area contributed by atoms with Crippen molar-refractivity contribution in [3.8, 4) is 0 Å². The molecule has 0 aromatic heterocycles. The van der Waals surface area contributed by atoms with Gasteiger partial charge in [-0.25, -0.2) is 4.39 Å². The van der Waals surface area contributed by atoms with Crippen molar-refractivity contribution in [3.63, 3.8) is 0 Å². The van der Waals surface area contributed by atoms with Crippen LogP contribution in [0.25, 0.3) is 0 Å². The largest absolute Gasteiger partial charge is 0.481 e. The maximum atomic E-state index is 13.2. The normalized spacial score (nSPS) is 22.6. The fraction of sp³-hybridized carbons (Fsp3) is 0.500. The van der Waals surface area contributed by atoms with Crippen molar-refractivity contribution >= 4 is 17.6 Å². The van der Waals surface area contributed by atoms with E-state index in [1.807, 2.05) is 13.8 Å². The van der Waals surface area contributed by atoms with Gasteiger partial charge in [-0.3, -0.25) is 9.59 Å². The van der Waals surface area contributed by atoms with Gasteiger partial charge < -0.3 is 20.2 Å². The smallest absolute Gasteiger partial charge is 0.305 e. The van der Waals surface area contributed by atoms with E-state index in [9.17, 15) is 24.2 Å². The first kappa shape index (κ1) is 21.1. The Bertz CT molecular complexity index is 688. The Morgan fingerprint density at radius 3 is 2.48 bits per heavy atom. The Labute approximate surface area is 157 Å².